The molecule has 1 unspecified atom stereocenters. The van der Waals surface area contributed by atoms with Crippen LogP contribution in [0.1, 0.15) is 30.9 Å². The van der Waals surface area contributed by atoms with E-state index >= 15 is 0 Å². The lowest BCUT2D eigenvalue weighted by Crippen LogP contribution is -2.50. The number of para-hydroxylation sites is 1. The van der Waals surface area contributed by atoms with Crippen LogP contribution in [0.3, 0.4) is 0 Å². The minimum absolute atomic E-state index is 0.279. The monoisotopic (exact) mass is 471 g/mol. The van der Waals surface area contributed by atoms with Crippen LogP contribution in [0.5, 0.6) is 0 Å². The van der Waals surface area contributed by atoms with E-state index in [1.807, 2.05) is 12.3 Å². The smallest absolute Gasteiger partial charge is 0.228 e. The maximum Gasteiger partial charge on any atom is 0.228 e. The maximum atomic E-state index is 13.8. The summed E-state index contributed by atoms with van der Waals surface area (Å²) in [6.45, 7) is 7.99. The van der Waals surface area contributed by atoms with Crippen molar-refractivity contribution in [3.63, 3.8) is 0 Å². The van der Waals surface area contributed by atoms with Crippen LogP contribution in [0.25, 0.3) is 10.9 Å². The number of benzene rings is 2. The molecule has 35 heavy (non-hydrogen) atoms. The number of amides is 1. The quantitative estimate of drug-likeness (QED) is 0.527. The molecular formula is C30H37N3O2. The molecule has 2 aliphatic rings. The molecule has 0 radical (unpaired) electrons. The molecule has 1 amide bonds. The Morgan fingerprint density at radius 3 is 2.66 bits per heavy atom. The van der Waals surface area contributed by atoms with Crippen LogP contribution in [-0.4, -0.2) is 66.6 Å². The Hall–Kier alpha value is -2.76. The van der Waals surface area contributed by atoms with Gasteiger partial charge in [-0.1, -0.05) is 61.5 Å². The topological polar surface area (TPSA) is 45.7 Å². The van der Waals surface area contributed by atoms with Crippen LogP contribution < -0.4 is 0 Å². The Balaban J connectivity index is 1.19. The van der Waals surface area contributed by atoms with Crippen LogP contribution >= 0.6 is 0 Å². The van der Waals surface area contributed by atoms with Gasteiger partial charge in [0.2, 0.25) is 5.91 Å². The molecule has 2 aromatic carbocycles. The van der Waals surface area contributed by atoms with Gasteiger partial charge in [-0.15, -0.1) is 0 Å². The van der Waals surface area contributed by atoms with Gasteiger partial charge < -0.3 is 14.5 Å². The number of rotatable bonds is 6. The summed E-state index contributed by atoms with van der Waals surface area (Å²) in [6, 6.07) is 21.1. The summed E-state index contributed by atoms with van der Waals surface area (Å²) in [5.41, 5.74) is 3.41. The van der Waals surface area contributed by atoms with Gasteiger partial charge in [0.1, 0.15) is 0 Å². The summed E-state index contributed by atoms with van der Waals surface area (Å²) in [5.74, 6) is 0.593. The number of hydrogen-bond donors (Lipinski definition) is 0. The fourth-order valence-electron chi connectivity index (χ4n) is 5.63. The van der Waals surface area contributed by atoms with Crippen molar-refractivity contribution in [2.75, 3.05) is 45.9 Å². The van der Waals surface area contributed by atoms with E-state index in [1.165, 1.54) is 16.5 Å². The van der Waals surface area contributed by atoms with Gasteiger partial charge >= 0.3 is 0 Å². The first kappa shape index (κ1) is 24.0. The Morgan fingerprint density at radius 1 is 1.03 bits per heavy atom. The molecule has 3 heterocycles. The number of piperidine rings is 1. The average molecular weight is 472 g/mol. The zero-order valence-corrected chi connectivity index (χ0v) is 20.9. The molecule has 1 atom stereocenters. The Morgan fingerprint density at radius 2 is 1.83 bits per heavy atom. The molecule has 0 bridgehead atoms. The highest BCUT2D eigenvalue weighted by Gasteiger charge is 2.40. The largest absolute Gasteiger partial charge is 0.379 e. The number of carbonyl (C=O) groups is 1. The standard InChI is InChI=1S/C30H37N3O2/c1-30(13-17-32(18-14-30)16-12-24-7-3-2-4-8-24)29(34)33-19-20-35-23-25(22-33)21-27-10-5-9-26-11-6-15-31-28(26)27/h2-11,15,25H,12-14,16-23H2,1H3. The molecular weight excluding hydrogens is 434 g/mol. The van der Waals surface area contributed by atoms with E-state index in [2.05, 4.69) is 76.3 Å². The van der Waals surface area contributed by atoms with Crippen molar-refractivity contribution in [1.29, 1.82) is 0 Å². The third kappa shape index (κ3) is 5.74. The van der Waals surface area contributed by atoms with Gasteiger partial charge in [0.05, 0.1) is 18.7 Å². The fourth-order valence-corrected chi connectivity index (χ4v) is 5.63. The van der Waals surface area contributed by atoms with Crippen molar-refractivity contribution in [2.24, 2.45) is 11.3 Å². The zero-order valence-electron chi connectivity index (χ0n) is 20.9. The van der Waals surface area contributed by atoms with Gasteiger partial charge in [-0.05, 0) is 56.0 Å². The van der Waals surface area contributed by atoms with Crippen molar-refractivity contribution in [3.05, 3.63) is 78.0 Å². The van der Waals surface area contributed by atoms with Crippen LogP contribution in [0, 0.1) is 11.3 Å². The molecule has 0 spiro atoms. The van der Waals surface area contributed by atoms with E-state index in [9.17, 15) is 4.79 Å². The van der Waals surface area contributed by atoms with E-state index in [0.29, 0.717) is 25.7 Å². The molecule has 5 heteroatoms. The highest BCUT2D eigenvalue weighted by atomic mass is 16.5. The minimum atomic E-state index is -0.279. The van der Waals surface area contributed by atoms with Crippen LogP contribution in [-0.2, 0) is 22.4 Å². The van der Waals surface area contributed by atoms with Gasteiger partial charge in [-0.3, -0.25) is 9.78 Å². The molecule has 0 aliphatic carbocycles. The number of likely N-dealkylation sites (tertiary alicyclic amines) is 1. The SMILES string of the molecule is CC1(C(=O)N2CCOCC(Cc3cccc4cccnc34)C2)CCN(CCc2ccccc2)CC1. The lowest BCUT2D eigenvalue weighted by Gasteiger charge is -2.41. The molecule has 5 nitrogen and oxygen atoms in total. The van der Waals surface area contributed by atoms with Crippen LogP contribution in [0.15, 0.2) is 66.9 Å². The van der Waals surface area contributed by atoms with Gasteiger partial charge in [-0.25, -0.2) is 0 Å². The summed E-state index contributed by atoms with van der Waals surface area (Å²) >= 11 is 0. The van der Waals surface area contributed by atoms with Crippen LogP contribution in [0.2, 0.25) is 0 Å². The average Bonchev–Trinajstić information content (AvgIpc) is 3.14. The second-order valence-corrected chi connectivity index (χ2v) is 10.5. The summed E-state index contributed by atoms with van der Waals surface area (Å²) in [4.78, 5) is 23.0. The number of fused-ring (bicyclic) bond motifs is 1. The molecule has 0 saturated carbocycles. The predicted octanol–water partition coefficient (Wildman–Crippen LogP) is 4.60. The van der Waals surface area contributed by atoms with Crippen molar-refractivity contribution in [3.8, 4) is 0 Å². The summed E-state index contributed by atoms with van der Waals surface area (Å²) in [5, 5.41) is 1.17. The first-order chi connectivity index (χ1) is 17.1. The molecule has 3 aromatic rings. The fraction of sp³-hybridized carbons (Fsp3) is 0.467. The van der Waals surface area contributed by atoms with Crippen LogP contribution in [0.4, 0.5) is 0 Å². The van der Waals surface area contributed by atoms with E-state index in [0.717, 1.165) is 57.4 Å². The summed E-state index contributed by atoms with van der Waals surface area (Å²) in [7, 11) is 0. The van der Waals surface area contributed by atoms with Crippen molar-refractivity contribution in [1.82, 2.24) is 14.8 Å². The number of ether oxygens (including phenoxy) is 1. The molecule has 2 aliphatic heterocycles. The first-order valence-electron chi connectivity index (χ1n) is 13.1. The number of hydrogen-bond acceptors (Lipinski definition) is 4. The zero-order chi connectivity index (χ0) is 24.1. The Kier molecular flexibility index (Phi) is 7.45. The van der Waals surface area contributed by atoms with E-state index in [4.69, 9.17) is 4.74 Å². The van der Waals surface area contributed by atoms with Crippen molar-refractivity contribution < 1.29 is 9.53 Å². The molecule has 0 N–H and O–H groups in total. The molecule has 5 rings (SSSR count). The molecule has 2 fully saturated rings. The first-order valence-corrected chi connectivity index (χ1v) is 13.1. The number of pyridine rings is 1. The minimum Gasteiger partial charge on any atom is -0.379 e. The molecule has 184 valence electrons. The van der Waals surface area contributed by atoms with Gasteiger partial charge in [0.25, 0.3) is 0 Å². The third-order valence-corrected chi connectivity index (χ3v) is 7.89. The van der Waals surface area contributed by atoms with E-state index in [1.54, 1.807) is 0 Å². The van der Waals surface area contributed by atoms with E-state index < -0.39 is 0 Å². The number of aromatic nitrogens is 1. The second-order valence-electron chi connectivity index (χ2n) is 10.5. The highest BCUT2D eigenvalue weighted by Crippen LogP contribution is 2.34. The number of carbonyl (C=O) groups excluding carboxylic acids is 1. The summed E-state index contributed by atoms with van der Waals surface area (Å²) < 4.78 is 5.96. The second kappa shape index (κ2) is 10.9. The molecule has 2 saturated heterocycles. The van der Waals surface area contributed by atoms with E-state index in [-0.39, 0.29) is 11.3 Å². The molecule has 1 aromatic heterocycles. The lowest BCUT2D eigenvalue weighted by atomic mass is 9.78. The van der Waals surface area contributed by atoms with Crippen molar-refractivity contribution in [2.45, 2.75) is 32.6 Å². The van der Waals surface area contributed by atoms with Crippen molar-refractivity contribution >= 4 is 16.8 Å². The Bertz CT molecular complexity index is 1120. The lowest BCUT2D eigenvalue weighted by molar-refractivity contribution is -0.144. The highest BCUT2D eigenvalue weighted by molar-refractivity contribution is 5.83. The maximum absolute atomic E-state index is 13.8. The predicted molar refractivity (Wildman–Crippen MR) is 140 cm³/mol. The number of nitrogens with zero attached hydrogens (tertiary/aromatic N) is 3. The normalized spacial score (nSPS) is 21.1. The van der Waals surface area contributed by atoms with Gasteiger partial charge in [0.15, 0.2) is 0 Å². The third-order valence-electron chi connectivity index (χ3n) is 7.89. The van der Waals surface area contributed by atoms with Gasteiger partial charge in [-0.2, -0.15) is 0 Å². The van der Waals surface area contributed by atoms with Gasteiger partial charge in [0, 0.05) is 42.6 Å². The Labute approximate surface area is 209 Å². The summed E-state index contributed by atoms with van der Waals surface area (Å²) in [6.07, 6.45) is 5.66.